The Kier molecular flexibility index (Phi) is 4.81. The first-order chi connectivity index (χ1) is 12.2. The van der Waals surface area contributed by atoms with Gasteiger partial charge in [0.2, 0.25) is 15.8 Å². The molecule has 1 fully saturated rings. The predicted molar refractivity (Wildman–Crippen MR) is 97.3 cm³/mol. The number of furan rings is 1. The lowest BCUT2D eigenvalue weighted by atomic mass is 10.1. The lowest BCUT2D eigenvalue weighted by Crippen LogP contribution is -2.48. The number of anilines is 1. The summed E-state index contributed by atoms with van der Waals surface area (Å²) in [6, 6.07) is 7.19. The molecular formula is C18H22N2O5S. The van der Waals surface area contributed by atoms with E-state index in [1.807, 2.05) is 12.1 Å². The van der Waals surface area contributed by atoms with Gasteiger partial charge in [0.05, 0.1) is 0 Å². The summed E-state index contributed by atoms with van der Waals surface area (Å²) in [6.07, 6.45) is 0. The summed E-state index contributed by atoms with van der Waals surface area (Å²) in [5.41, 5.74) is 3.52. The van der Waals surface area contributed by atoms with Gasteiger partial charge in [-0.3, -0.25) is 0 Å². The fraction of sp³-hybridized carbons (Fsp3) is 0.389. The average Bonchev–Trinajstić information content (AvgIpc) is 3.00. The van der Waals surface area contributed by atoms with E-state index in [9.17, 15) is 13.2 Å². The highest BCUT2D eigenvalue weighted by atomic mass is 32.2. The van der Waals surface area contributed by atoms with E-state index in [-0.39, 0.29) is 16.4 Å². The molecule has 0 amide bonds. The third-order valence-electron chi connectivity index (χ3n) is 4.86. The van der Waals surface area contributed by atoms with E-state index < -0.39 is 16.0 Å². The third-order valence-corrected chi connectivity index (χ3v) is 6.86. The Labute approximate surface area is 152 Å². The lowest BCUT2D eigenvalue weighted by molar-refractivity contribution is 0.0661. The number of benzene rings is 1. The molecule has 1 saturated heterocycles. The molecule has 1 aliphatic rings. The van der Waals surface area contributed by atoms with Gasteiger partial charge in [0, 0.05) is 37.9 Å². The first-order valence-corrected chi connectivity index (χ1v) is 9.81. The molecule has 2 aromatic rings. The number of hydrogen-bond donors (Lipinski definition) is 1. The summed E-state index contributed by atoms with van der Waals surface area (Å²) in [7, 11) is -3.78. The van der Waals surface area contributed by atoms with Crippen molar-refractivity contribution in [1.82, 2.24) is 4.31 Å². The molecule has 7 nitrogen and oxygen atoms in total. The van der Waals surface area contributed by atoms with Crippen molar-refractivity contribution in [2.75, 3.05) is 31.1 Å². The Bertz CT molecular complexity index is 940. The van der Waals surface area contributed by atoms with E-state index >= 15 is 0 Å². The fourth-order valence-corrected chi connectivity index (χ4v) is 4.80. The Morgan fingerprint density at radius 2 is 1.77 bits per heavy atom. The van der Waals surface area contributed by atoms with Gasteiger partial charge >= 0.3 is 5.97 Å². The summed E-state index contributed by atoms with van der Waals surface area (Å²) in [5, 5.41) is 9.00. The van der Waals surface area contributed by atoms with Crippen molar-refractivity contribution in [2.24, 2.45) is 0 Å². The van der Waals surface area contributed by atoms with Gasteiger partial charge in [-0.05, 0) is 38.0 Å². The van der Waals surface area contributed by atoms with Crippen LogP contribution in [-0.2, 0) is 10.0 Å². The number of piperazine rings is 1. The molecule has 1 aromatic heterocycles. The molecule has 0 aliphatic carbocycles. The molecule has 0 atom stereocenters. The number of sulfonamides is 1. The fourth-order valence-electron chi connectivity index (χ4n) is 3.21. The summed E-state index contributed by atoms with van der Waals surface area (Å²) in [5.74, 6) is -1.55. The van der Waals surface area contributed by atoms with Crippen molar-refractivity contribution in [3.8, 4) is 0 Å². The zero-order valence-corrected chi connectivity index (χ0v) is 15.8. The van der Waals surface area contributed by atoms with Crippen molar-refractivity contribution < 1.29 is 22.7 Å². The van der Waals surface area contributed by atoms with Crippen molar-refractivity contribution in [3.05, 3.63) is 46.9 Å². The molecule has 0 unspecified atom stereocenters. The number of hydrogen-bond acceptors (Lipinski definition) is 5. The number of rotatable bonds is 4. The number of carboxylic acid groups (broad SMARTS) is 1. The molecule has 140 valence electrons. The molecule has 1 aliphatic heterocycles. The van der Waals surface area contributed by atoms with E-state index in [0.717, 1.165) is 11.8 Å². The molecule has 2 heterocycles. The summed E-state index contributed by atoms with van der Waals surface area (Å²) < 4.78 is 32.2. The molecule has 8 heteroatoms. The first-order valence-electron chi connectivity index (χ1n) is 8.37. The van der Waals surface area contributed by atoms with Gasteiger partial charge in [0.25, 0.3) is 0 Å². The highest BCUT2D eigenvalue weighted by molar-refractivity contribution is 7.89. The van der Waals surface area contributed by atoms with Gasteiger partial charge in [-0.25, -0.2) is 13.2 Å². The van der Waals surface area contributed by atoms with E-state index in [1.54, 1.807) is 0 Å². The smallest absolute Gasteiger partial charge is 0.371 e. The van der Waals surface area contributed by atoms with Gasteiger partial charge in [-0.2, -0.15) is 4.31 Å². The second kappa shape index (κ2) is 6.77. The minimum Gasteiger partial charge on any atom is -0.475 e. The molecule has 1 N–H and O–H groups in total. The van der Waals surface area contributed by atoms with Crippen molar-refractivity contribution in [1.29, 1.82) is 0 Å². The van der Waals surface area contributed by atoms with Gasteiger partial charge < -0.3 is 14.4 Å². The second-order valence-electron chi connectivity index (χ2n) is 6.45. The van der Waals surface area contributed by atoms with Crippen LogP contribution in [0, 0.1) is 20.8 Å². The van der Waals surface area contributed by atoms with E-state index in [1.165, 1.54) is 22.4 Å². The maximum atomic E-state index is 12.9. The number of aryl methyl sites for hydroxylation is 2. The van der Waals surface area contributed by atoms with Crippen molar-refractivity contribution in [2.45, 2.75) is 25.7 Å². The van der Waals surface area contributed by atoms with Crippen LogP contribution in [0.1, 0.15) is 27.4 Å². The monoisotopic (exact) mass is 378 g/mol. The van der Waals surface area contributed by atoms with Gasteiger partial charge in [-0.1, -0.05) is 12.1 Å². The number of nitrogens with zero attached hydrogens (tertiary/aromatic N) is 2. The van der Waals surface area contributed by atoms with Crippen LogP contribution in [0.15, 0.2) is 33.6 Å². The summed E-state index contributed by atoms with van der Waals surface area (Å²) in [4.78, 5) is 13.1. The van der Waals surface area contributed by atoms with Crippen LogP contribution in [0.5, 0.6) is 0 Å². The largest absolute Gasteiger partial charge is 0.475 e. The Morgan fingerprint density at radius 1 is 1.12 bits per heavy atom. The minimum absolute atomic E-state index is 0.0740. The number of carbonyl (C=O) groups is 1. The molecule has 26 heavy (non-hydrogen) atoms. The summed E-state index contributed by atoms with van der Waals surface area (Å²) in [6.45, 7) is 7.41. The third kappa shape index (κ3) is 3.22. The van der Waals surface area contributed by atoms with Crippen LogP contribution in [-0.4, -0.2) is 50.0 Å². The van der Waals surface area contributed by atoms with Crippen LogP contribution in [0.25, 0.3) is 0 Å². The summed E-state index contributed by atoms with van der Waals surface area (Å²) >= 11 is 0. The quantitative estimate of drug-likeness (QED) is 0.879. The maximum absolute atomic E-state index is 12.9. The van der Waals surface area contributed by atoms with E-state index in [4.69, 9.17) is 9.52 Å². The predicted octanol–water partition coefficient (Wildman–Crippen LogP) is 2.41. The molecule has 3 rings (SSSR count). The van der Waals surface area contributed by atoms with Crippen molar-refractivity contribution >= 4 is 21.7 Å². The zero-order valence-electron chi connectivity index (χ0n) is 15.0. The zero-order chi connectivity index (χ0) is 19.1. The maximum Gasteiger partial charge on any atom is 0.371 e. The number of carboxylic acids is 1. The van der Waals surface area contributed by atoms with Crippen LogP contribution in [0.2, 0.25) is 0 Å². The van der Waals surface area contributed by atoms with E-state index in [0.29, 0.717) is 26.2 Å². The normalized spacial score (nSPS) is 16.0. The van der Waals surface area contributed by atoms with Crippen LogP contribution in [0.4, 0.5) is 5.69 Å². The number of aromatic carboxylic acids is 1. The standard InChI is InChI=1S/C18H22N2O5S/c1-12-5-4-6-15(13(12)2)19-7-9-20(10-8-19)26(23,24)17-11-16(18(21)22)25-14(17)3/h4-6,11H,7-10H2,1-3H3,(H,21,22). The highest BCUT2D eigenvalue weighted by Gasteiger charge is 2.32. The molecule has 1 aromatic carbocycles. The minimum atomic E-state index is -3.78. The SMILES string of the molecule is Cc1cccc(N2CCN(S(=O)(=O)c3cc(C(=O)O)oc3C)CC2)c1C. The molecule has 0 saturated carbocycles. The molecule has 0 radical (unpaired) electrons. The first kappa shape index (κ1) is 18.5. The molecule has 0 spiro atoms. The molecule has 0 bridgehead atoms. The van der Waals surface area contributed by atoms with Gasteiger partial charge in [-0.15, -0.1) is 0 Å². The molecular weight excluding hydrogens is 356 g/mol. The lowest BCUT2D eigenvalue weighted by Gasteiger charge is -2.36. The van der Waals surface area contributed by atoms with E-state index in [2.05, 4.69) is 24.8 Å². The second-order valence-corrected chi connectivity index (χ2v) is 8.35. The Hall–Kier alpha value is -2.32. The topological polar surface area (TPSA) is 91.1 Å². The Balaban J connectivity index is 1.79. The highest BCUT2D eigenvalue weighted by Crippen LogP contribution is 2.27. The van der Waals surface area contributed by atoms with Crippen molar-refractivity contribution in [3.63, 3.8) is 0 Å². The average molecular weight is 378 g/mol. The van der Waals surface area contributed by atoms with Crippen LogP contribution in [0.3, 0.4) is 0 Å². The van der Waals surface area contributed by atoms with Crippen LogP contribution >= 0.6 is 0 Å². The Morgan fingerprint density at radius 3 is 2.35 bits per heavy atom. The van der Waals surface area contributed by atoms with Gasteiger partial charge in [0.1, 0.15) is 10.7 Å². The van der Waals surface area contributed by atoms with Crippen LogP contribution < -0.4 is 4.90 Å². The van der Waals surface area contributed by atoms with Gasteiger partial charge in [0.15, 0.2) is 0 Å².